The van der Waals surface area contributed by atoms with Gasteiger partial charge in [0, 0.05) is 11.8 Å². The molecule has 1 aliphatic rings. The van der Waals surface area contributed by atoms with E-state index in [4.69, 9.17) is 4.74 Å². The summed E-state index contributed by atoms with van der Waals surface area (Å²) in [6, 6.07) is 3.85. The van der Waals surface area contributed by atoms with Crippen molar-refractivity contribution < 1.29 is 9.53 Å². The monoisotopic (exact) mass is 318 g/mol. The summed E-state index contributed by atoms with van der Waals surface area (Å²) in [5, 5.41) is 0.742. The highest BCUT2D eigenvalue weighted by Crippen LogP contribution is 2.34. The largest absolute Gasteiger partial charge is 0.491 e. The summed E-state index contributed by atoms with van der Waals surface area (Å²) < 4.78 is 6.30. The molecule has 1 aromatic carbocycles. The van der Waals surface area contributed by atoms with Gasteiger partial charge in [0.05, 0.1) is 16.6 Å². The lowest BCUT2D eigenvalue weighted by atomic mass is 10.0. The molecule has 1 aliphatic heterocycles. The fourth-order valence-corrected chi connectivity index (χ4v) is 2.41. The van der Waals surface area contributed by atoms with Crippen molar-refractivity contribution in [2.45, 2.75) is 11.8 Å². The van der Waals surface area contributed by atoms with Crippen molar-refractivity contribution in [2.75, 3.05) is 6.61 Å². The van der Waals surface area contributed by atoms with Gasteiger partial charge in [-0.05, 0) is 33.6 Å². The number of fused-ring (bicyclic) bond motifs is 1. The maximum atomic E-state index is 11.6. The Bertz CT molecular complexity index is 388. The van der Waals surface area contributed by atoms with E-state index in [0.29, 0.717) is 24.3 Å². The van der Waals surface area contributed by atoms with Gasteiger partial charge in [-0.25, -0.2) is 0 Å². The Morgan fingerprint density at radius 1 is 1.43 bits per heavy atom. The zero-order valence-corrected chi connectivity index (χ0v) is 10.5. The number of rotatable bonds is 1. The predicted molar refractivity (Wildman–Crippen MR) is 61.2 cm³/mol. The Kier molecular flexibility index (Phi) is 2.93. The number of carbonyl (C=O) groups excluding carboxylic acids is 1. The smallest absolute Gasteiger partial charge is 0.170 e. The molecule has 0 saturated carbocycles. The molecular formula is C10H8Br2O2. The predicted octanol–water partition coefficient (Wildman–Crippen LogP) is 3.31. The van der Waals surface area contributed by atoms with Crippen LogP contribution in [0.5, 0.6) is 5.75 Å². The van der Waals surface area contributed by atoms with Gasteiger partial charge in [0.1, 0.15) is 5.75 Å². The van der Waals surface area contributed by atoms with Crippen molar-refractivity contribution in [3.63, 3.8) is 0 Å². The molecule has 74 valence electrons. The zero-order valence-electron chi connectivity index (χ0n) is 7.35. The first kappa shape index (κ1) is 10.2. The van der Waals surface area contributed by atoms with Gasteiger partial charge >= 0.3 is 0 Å². The highest BCUT2D eigenvalue weighted by atomic mass is 79.9. The molecule has 0 atom stereocenters. The van der Waals surface area contributed by atoms with Crippen LogP contribution in [0.25, 0.3) is 0 Å². The molecule has 0 N–H and O–H groups in total. The molecule has 0 bridgehead atoms. The van der Waals surface area contributed by atoms with Crippen LogP contribution in [-0.2, 0) is 5.33 Å². The number of Topliss-reactive ketones (excluding diaryl/α,β-unsaturated/α-hetero) is 1. The summed E-state index contributed by atoms with van der Waals surface area (Å²) in [6.45, 7) is 0.484. The Labute approximate surface area is 98.9 Å². The van der Waals surface area contributed by atoms with Gasteiger partial charge in [-0.15, -0.1) is 0 Å². The molecule has 0 saturated heterocycles. The summed E-state index contributed by atoms with van der Waals surface area (Å²) in [6.07, 6.45) is 0.477. The molecule has 4 heteroatoms. The standard InChI is InChI=1S/C10H8Br2O2/c11-5-6-3-7-9(13)1-2-14-10(7)8(12)4-6/h3-4H,1-2,5H2. The van der Waals surface area contributed by atoms with Gasteiger partial charge in [-0.2, -0.15) is 0 Å². The second kappa shape index (κ2) is 4.03. The van der Waals surface area contributed by atoms with Crippen LogP contribution in [0.4, 0.5) is 0 Å². The molecule has 0 radical (unpaired) electrons. The number of hydrogen-bond donors (Lipinski definition) is 0. The van der Waals surface area contributed by atoms with Gasteiger partial charge in [0.15, 0.2) is 5.78 Å². The lowest BCUT2D eigenvalue weighted by molar-refractivity contribution is 0.0932. The van der Waals surface area contributed by atoms with E-state index in [9.17, 15) is 4.79 Å². The third kappa shape index (κ3) is 1.73. The number of benzene rings is 1. The quantitative estimate of drug-likeness (QED) is 0.742. The number of ketones is 1. The Morgan fingerprint density at radius 2 is 2.21 bits per heavy atom. The molecule has 0 aliphatic carbocycles. The maximum absolute atomic E-state index is 11.6. The number of halogens is 2. The van der Waals surface area contributed by atoms with E-state index in [0.717, 1.165) is 15.4 Å². The number of carbonyl (C=O) groups is 1. The van der Waals surface area contributed by atoms with Gasteiger partial charge in [0.2, 0.25) is 0 Å². The van der Waals surface area contributed by atoms with E-state index in [-0.39, 0.29) is 5.78 Å². The van der Waals surface area contributed by atoms with Crippen LogP contribution in [0, 0.1) is 0 Å². The summed E-state index contributed by atoms with van der Waals surface area (Å²) in [5.41, 5.74) is 1.77. The second-order valence-corrected chi connectivity index (χ2v) is 4.52. The minimum Gasteiger partial charge on any atom is -0.491 e. The van der Waals surface area contributed by atoms with Crippen LogP contribution in [0.15, 0.2) is 16.6 Å². The van der Waals surface area contributed by atoms with Gasteiger partial charge in [0.25, 0.3) is 0 Å². The summed E-state index contributed by atoms with van der Waals surface area (Å²) >= 11 is 6.77. The molecule has 0 spiro atoms. The normalized spacial score (nSPS) is 14.9. The number of alkyl halides is 1. The van der Waals surface area contributed by atoms with Crippen LogP contribution in [-0.4, -0.2) is 12.4 Å². The maximum Gasteiger partial charge on any atom is 0.170 e. The number of ether oxygens (including phenoxy) is 1. The summed E-state index contributed by atoms with van der Waals surface area (Å²) in [4.78, 5) is 11.6. The third-order valence-corrected chi connectivity index (χ3v) is 3.37. The van der Waals surface area contributed by atoms with E-state index < -0.39 is 0 Å². The lowest BCUT2D eigenvalue weighted by Gasteiger charge is -2.18. The minimum atomic E-state index is 0.162. The Hall–Kier alpha value is -0.350. The summed E-state index contributed by atoms with van der Waals surface area (Å²) in [7, 11) is 0. The van der Waals surface area contributed by atoms with Crippen molar-refractivity contribution in [3.8, 4) is 5.75 Å². The molecule has 1 aromatic rings. The highest BCUT2D eigenvalue weighted by molar-refractivity contribution is 9.10. The molecular weight excluding hydrogens is 312 g/mol. The van der Waals surface area contributed by atoms with E-state index in [1.165, 1.54) is 0 Å². The van der Waals surface area contributed by atoms with Gasteiger partial charge in [-0.1, -0.05) is 15.9 Å². The minimum absolute atomic E-state index is 0.162. The first-order chi connectivity index (χ1) is 6.72. The SMILES string of the molecule is O=C1CCOc2c(Br)cc(CBr)cc21. The van der Waals surface area contributed by atoms with Crippen LogP contribution >= 0.6 is 31.9 Å². The lowest BCUT2D eigenvalue weighted by Crippen LogP contribution is -2.15. The molecule has 1 heterocycles. The Morgan fingerprint density at radius 3 is 2.93 bits per heavy atom. The summed E-state index contributed by atoms with van der Waals surface area (Å²) in [5.74, 6) is 0.848. The third-order valence-electron chi connectivity index (χ3n) is 2.13. The molecule has 14 heavy (non-hydrogen) atoms. The molecule has 2 nitrogen and oxygen atoms in total. The molecule has 0 amide bonds. The van der Waals surface area contributed by atoms with Crippen molar-refractivity contribution in [1.82, 2.24) is 0 Å². The van der Waals surface area contributed by atoms with Gasteiger partial charge in [-0.3, -0.25) is 4.79 Å². The van der Waals surface area contributed by atoms with E-state index in [1.54, 1.807) is 0 Å². The van der Waals surface area contributed by atoms with Crippen LogP contribution in [0.2, 0.25) is 0 Å². The van der Waals surface area contributed by atoms with Crippen LogP contribution < -0.4 is 4.74 Å². The fraction of sp³-hybridized carbons (Fsp3) is 0.300. The highest BCUT2D eigenvalue weighted by Gasteiger charge is 2.21. The molecule has 0 unspecified atom stereocenters. The topological polar surface area (TPSA) is 26.3 Å². The van der Waals surface area contributed by atoms with E-state index in [2.05, 4.69) is 31.9 Å². The van der Waals surface area contributed by atoms with E-state index in [1.807, 2.05) is 12.1 Å². The Balaban J connectivity index is 2.57. The molecule has 0 fully saturated rings. The average molecular weight is 320 g/mol. The first-order valence-electron chi connectivity index (χ1n) is 4.26. The fourth-order valence-electron chi connectivity index (χ4n) is 1.46. The zero-order chi connectivity index (χ0) is 10.1. The van der Waals surface area contributed by atoms with Crippen LogP contribution in [0.1, 0.15) is 22.3 Å². The first-order valence-corrected chi connectivity index (χ1v) is 6.18. The van der Waals surface area contributed by atoms with Crippen molar-refractivity contribution in [3.05, 3.63) is 27.7 Å². The van der Waals surface area contributed by atoms with Crippen molar-refractivity contribution >= 4 is 37.6 Å². The molecule has 0 aromatic heterocycles. The van der Waals surface area contributed by atoms with Crippen molar-refractivity contribution in [1.29, 1.82) is 0 Å². The molecule has 2 rings (SSSR count). The number of hydrogen-bond acceptors (Lipinski definition) is 2. The van der Waals surface area contributed by atoms with Crippen LogP contribution in [0.3, 0.4) is 0 Å². The van der Waals surface area contributed by atoms with E-state index >= 15 is 0 Å². The second-order valence-electron chi connectivity index (χ2n) is 3.11. The average Bonchev–Trinajstić information content (AvgIpc) is 2.19. The van der Waals surface area contributed by atoms with Gasteiger partial charge < -0.3 is 4.74 Å². The van der Waals surface area contributed by atoms with Crippen molar-refractivity contribution in [2.24, 2.45) is 0 Å².